The first kappa shape index (κ1) is 21.4. The first-order chi connectivity index (χ1) is 15.9. The van der Waals surface area contributed by atoms with E-state index in [1.807, 2.05) is 51.7 Å². The molecule has 33 heavy (non-hydrogen) atoms. The fourth-order valence-electron chi connectivity index (χ4n) is 5.27. The SMILES string of the molecule is Cc1noc(C)c1C(=O)N1CCC2(CCN(C(=O)c3cnn(-c4ccccc4)c3C)C2)CC1. The lowest BCUT2D eigenvalue weighted by atomic mass is 9.77. The molecule has 0 unspecified atom stereocenters. The molecule has 2 aromatic heterocycles. The number of carbonyl (C=O) groups excluding carboxylic acids is 2. The van der Waals surface area contributed by atoms with Crippen molar-refractivity contribution in [2.45, 2.75) is 40.0 Å². The molecular formula is C25H29N5O3. The number of piperidine rings is 1. The summed E-state index contributed by atoms with van der Waals surface area (Å²) in [5.74, 6) is 0.610. The number of carbonyl (C=O) groups is 2. The third-order valence-corrected chi connectivity index (χ3v) is 7.33. The second-order valence-corrected chi connectivity index (χ2v) is 9.36. The first-order valence-corrected chi connectivity index (χ1v) is 11.5. The van der Waals surface area contributed by atoms with Crippen molar-refractivity contribution in [3.63, 3.8) is 0 Å². The summed E-state index contributed by atoms with van der Waals surface area (Å²) in [6, 6.07) is 9.86. The number of hydrogen-bond donors (Lipinski definition) is 0. The minimum absolute atomic E-state index is 0.00372. The standard InChI is InChI=1S/C25H29N5O3/c1-17-22(19(3)33-27-17)24(32)28-12-9-25(10-13-28)11-14-29(16-25)23(31)21-15-26-30(18(21)2)20-7-5-4-6-8-20/h4-8,15H,9-14,16H2,1-3H3. The fourth-order valence-corrected chi connectivity index (χ4v) is 5.27. The van der Waals surface area contributed by atoms with Gasteiger partial charge in [-0.05, 0) is 57.6 Å². The molecule has 8 heteroatoms. The number of likely N-dealkylation sites (tertiary alicyclic amines) is 2. The molecule has 5 rings (SSSR count). The van der Waals surface area contributed by atoms with Crippen molar-refractivity contribution in [2.75, 3.05) is 26.2 Å². The van der Waals surface area contributed by atoms with Crippen LogP contribution in [0.4, 0.5) is 0 Å². The summed E-state index contributed by atoms with van der Waals surface area (Å²) < 4.78 is 6.99. The molecule has 1 spiro atoms. The van der Waals surface area contributed by atoms with E-state index < -0.39 is 0 Å². The van der Waals surface area contributed by atoms with Gasteiger partial charge in [-0.25, -0.2) is 4.68 Å². The quantitative estimate of drug-likeness (QED) is 0.613. The highest BCUT2D eigenvalue weighted by molar-refractivity contribution is 5.96. The van der Waals surface area contributed by atoms with Crippen LogP contribution in [0.25, 0.3) is 5.69 Å². The molecule has 2 aliphatic heterocycles. The van der Waals surface area contributed by atoms with Gasteiger partial charge in [-0.3, -0.25) is 9.59 Å². The Hall–Kier alpha value is -3.42. The van der Waals surface area contributed by atoms with Crippen LogP contribution < -0.4 is 0 Å². The van der Waals surface area contributed by atoms with Crippen LogP contribution >= 0.6 is 0 Å². The van der Waals surface area contributed by atoms with E-state index in [4.69, 9.17) is 4.52 Å². The van der Waals surface area contributed by atoms with E-state index in [-0.39, 0.29) is 17.2 Å². The summed E-state index contributed by atoms with van der Waals surface area (Å²) in [5.41, 5.74) is 3.76. The number of rotatable bonds is 3. The van der Waals surface area contributed by atoms with E-state index in [2.05, 4.69) is 10.3 Å². The average molecular weight is 448 g/mol. The van der Waals surface area contributed by atoms with Crippen LogP contribution in [0.15, 0.2) is 41.1 Å². The van der Waals surface area contributed by atoms with Crippen molar-refractivity contribution in [1.82, 2.24) is 24.7 Å². The normalized spacial score (nSPS) is 17.7. The maximum absolute atomic E-state index is 13.3. The van der Waals surface area contributed by atoms with E-state index in [0.717, 1.165) is 43.7 Å². The molecule has 1 aromatic carbocycles. The van der Waals surface area contributed by atoms with Gasteiger partial charge in [0.15, 0.2) is 0 Å². The summed E-state index contributed by atoms with van der Waals surface area (Å²) in [4.78, 5) is 30.2. The van der Waals surface area contributed by atoms with Gasteiger partial charge in [0.2, 0.25) is 0 Å². The summed E-state index contributed by atoms with van der Waals surface area (Å²) in [6.45, 7) is 8.38. The second-order valence-electron chi connectivity index (χ2n) is 9.36. The minimum atomic E-state index is -0.00372. The topological polar surface area (TPSA) is 84.5 Å². The molecule has 0 aliphatic carbocycles. The highest BCUT2D eigenvalue weighted by Crippen LogP contribution is 2.41. The maximum atomic E-state index is 13.3. The van der Waals surface area contributed by atoms with Gasteiger partial charge in [0.1, 0.15) is 11.3 Å². The first-order valence-electron chi connectivity index (χ1n) is 11.5. The van der Waals surface area contributed by atoms with Crippen molar-refractivity contribution in [3.8, 4) is 5.69 Å². The lowest BCUT2D eigenvalue weighted by Gasteiger charge is -2.39. The van der Waals surface area contributed by atoms with Crippen molar-refractivity contribution >= 4 is 11.8 Å². The Bertz CT molecular complexity index is 1170. The third kappa shape index (κ3) is 3.73. The number of para-hydroxylation sites is 1. The predicted molar refractivity (Wildman–Crippen MR) is 122 cm³/mol. The molecule has 0 radical (unpaired) electrons. The van der Waals surface area contributed by atoms with Crippen LogP contribution in [-0.2, 0) is 0 Å². The summed E-state index contributed by atoms with van der Waals surface area (Å²) in [6.07, 6.45) is 4.45. The molecule has 2 saturated heterocycles. The second kappa shape index (κ2) is 8.17. The van der Waals surface area contributed by atoms with Gasteiger partial charge in [-0.2, -0.15) is 5.10 Å². The van der Waals surface area contributed by atoms with Crippen molar-refractivity contribution < 1.29 is 14.1 Å². The van der Waals surface area contributed by atoms with Gasteiger partial charge in [-0.15, -0.1) is 0 Å². The molecule has 172 valence electrons. The Balaban J connectivity index is 1.25. The van der Waals surface area contributed by atoms with Gasteiger partial charge in [-0.1, -0.05) is 23.4 Å². The molecule has 0 bridgehead atoms. The van der Waals surface area contributed by atoms with E-state index in [1.54, 1.807) is 20.0 Å². The van der Waals surface area contributed by atoms with Crippen molar-refractivity contribution in [2.24, 2.45) is 5.41 Å². The molecule has 4 heterocycles. The molecule has 8 nitrogen and oxygen atoms in total. The summed E-state index contributed by atoms with van der Waals surface area (Å²) in [5, 5.41) is 8.38. The number of aromatic nitrogens is 3. The lowest BCUT2D eigenvalue weighted by Crippen LogP contribution is -2.45. The van der Waals surface area contributed by atoms with E-state index in [0.29, 0.717) is 35.7 Å². The fraction of sp³-hybridized carbons (Fsp3) is 0.440. The Morgan fingerprint density at radius 1 is 0.939 bits per heavy atom. The Kier molecular flexibility index (Phi) is 5.31. The van der Waals surface area contributed by atoms with Crippen LogP contribution in [0.1, 0.15) is 57.1 Å². The Morgan fingerprint density at radius 3 is 2.24 bits per heavy atom. The monoisotopic (exact) mass is 447 g/mol. The molecule has 0 atom stereocenters. The molecule has 0 N–H and O–H groups in total. The summed E-state index contributed by atoms with van der Waals surface area (Å²) >= 11 is 0. The highest BCUT2D eigenvalue weighted by Gasteiger charge is 2.43. The number of nitrogens with zero attached hydrogens (tertiary/aromatic N) is 5. The molecule has 2 fully saturated rings. The van der Waals surface area contributed by atoms with Crippen molar-refractivity contribution in [1.29, 1.82) is 0 Å². The van der Waals surface area contributed by atoms with E-state index in [1.165, 1.54) is 0 Å². The van der Waals surface area contributed by atoms with E-state index in [9.17, 15) is 9.59 Å². The number of amides is 2. The van der Waals surface area contributed by atoms with Crippen LogP contribution in [0.5, 0.6) is 0 Å². The van der Waals surface area contributed by atoms with E-state index >= 15 is 0 Å². The third-order valence-electron chi connectivity index (χ3n) is 7.33. The highest BCUT2D eigenvalue weighted by atomic mass is 16.5. The van der Waals surface area contributed by atoms with Gasteiger partial charge >= 0.3 is 0 Å². The zero-order valence-electron chi connectivity index (χ0n) is 19.4. The Labute approximate surface area is 193 Å². The largest absolute Gasteiger partial charge is 0.361 e. The molecule has 2 aliphatic rings. The zero-order chi connectivity index (χ0) is 23.2. The van der Waals surface area contributed by atoms with Gasteiger partial charge in [0.25, 0.3) is 11.8 Å². The lowest BCUT2D eigenvalue weighted by molar-refractivity contribution is 0.0563. The van der Waals surface area contributed by atoms with Gasteiger partial charge in [0, 0.05) is 26.2 Å². The van der Waals surface area contributed by atoms with Crippen LogP contribution in [0, 0.1) is 26.2 Å². The molecule has 2 amide bonds. The number of benzene rings is 1. The Morgan fingerprint density at radius 2 is 1.61 bits per heavy atom. The molecular weight excluding hydrogens is 418 g/mol. The smallest absolute Gasteiger partial charge is 0.259 e. The molecule has 3 aromatic rings. The van der Waals surface area contributed by atoms with Crippen LogP contribution in [-0.4, -0.2) is 62.7 Å². The number of hydrogen-bond acceptors (Lipinski definition) is 5. The van der Waals surface area contributed by atoms with Gasteiger partial charge < -0.3 is 14.3 Å². The van der Waals surface area contributed by atoms with Crippen LogP contribution in [0.3, 0.4) is 0 Å². The molecule has 0 saturated carbocycles. The average Bonchev–Trinajstić information content (AvgIpc) is 3.51. The van der Waals surface area contributed by atoms with Crippen LogP contribution in [0.2, 0.25) is 0 Å². The number of aryl methyl sites for hydroxylation is 2. The maximum Gasteiger partial charge on any atom is 0.259 e. The zero-order valence-corrected chi connectivity index (χ0v) is 19.4. The summed E-state index contributed by atoms with van der Waals surface area (Å²) in [7, 11) is 0. The van der Waals surface area contributed by atoms with Gasteiger partial charge in [0.05, 0.1) is 28.8 Å². The predicted octanol–water partition coefficient (Wildman–Crippen LogP) is 3.55. The van der Waals surface area contributed by atoms with Crippen molar-refractivity contribution in [3.05, 3.63) is 64.8 Å². The minimum Gasteiger partial charge on any atom is -0.361 e.